The lowest BCUT2D eigenvalue weighted by Crippen LogP contribution is -2.34. The second kappa shape index (κ2) is 4.96. The Morgan fingerprint density at radius 2 is 1.93 bits per heavy atom. The molecule has 15 heavy (non-hydrogen) atoms. The molecule has 4 heteroatoms. The summed E-state index contributed by atoms with van der Waals surface area (Å²) in [5, 5.41) is 0. The maximum Gasteiger partial charge on any atom is 0.242 e. The molecule has 1 aromatic rings. The Morgan fingerprint density at radius 1 is 1.20 bits per heavy atom. The summed E-state index contributed by atoms with van der Waals surface area (Å²) in [4.78, 5) is 17.8. The van der Waals surface area contributed by atoms with E-state index < -0.39 is 0 Å². The molecule has 0 spiro atoms. The number of nitrogens with zero attached hydrogens (tertiary/aromatic N) is 3. The molecule has 2 heterocycles. The summed E-state index contributed by atoms with van der Waals surface area (Å²) in [6.45, 7) is 2.28. The van der Waals surface area contributed by atoms with Crippen molar-refractivity contribution in [3.8, 4) is 0 Å². The van der Waals surface area contributed by atoms with Crippen LogP contribution in [0.4, 0.5) is 0 Å². The first kappa shape index (κ1) is 10.2. The van der Waals surface area contributed by atoms with Crippen molar-refractivity contribution in [1.82, 2.24) is 14.5 Å². The van der Waals surface area contributed by atoms with Gasteiger partial charge in [-0.2, -0.15) is 0 Å². The maximum absolute atomic E-state index is 11.9. The maximum atomic E-state index is 11.9. The van der Waals surface area contributed by atoms with E-state index in [0.717, 1.165) is 25.9 Å². The van der Waals surface area contributed by atoms with Gasteiger partial charge >= 0.3 is 0 Å². The first-order chi connectivity index (χ1) is 7.36. The van der Waals surface area contributed by atoms with Crippen LogP contribution in [-0.4, -0.2) is 33.4 Å². The highest BCUT2D eigenvalue weighted by atomic mass is 16.2. The van der Waals surface area contributed by atoms with Crippen molar-refractivity contribution in [3.63, 3.8) is 0 Å². The first-order valence-electron chi connectivity index (χ1n) is 5.60. The molecule has 1 aliphatic rings. The van der Waals surface area contributed by atoms with E-state index in [-0.39, 0.29) is 5.91 Å². The zero-order chi connectivity index (χ0) is 10.5. The van der Waals surface area contributed by atoms with Crippen molar-refractivity contribution in [2.45, 2.75) is 32.2 Å². The van der Waals surface area contributed by atoms with Crippen LogP contribution in [0, 0.1) is 0 Å². The monoisotopic (exact) mass is 207 g/mol. The Hall–Kier alpha value is -1.32. The van der Waals surface area contributed by atoms with Crippen molar-refractivity contribution < 1.29 is 4.79 Å². The Morgan fingerprint density at radius 3 is 2.53 bits per heavy atom. The van der Waals surface area contributed by atoms with Crippen LogP contribution in [0.3, 0.4) is 0 Å². The minimum absolute atomic E-state index is 0.218. The van der Waals surface area contributed by atoms with E-state index >= 15 is 0 Å². The minimum atomic E-state index is 0.218. The van der Waals surface area contributed by atoms with E-state index in [9.17, 15) is 4.79 Å². The quantitative estimate of drug-likeness (QED) is 0.732. The van der Waals surface area contributed by atoms with Gasteiger partial charge in [0.05, 0.1) is 6.33 Å². The van der Waals surface area contributed by atoms with Crippen LogP contribution in [0.15, 0.2) is 18.7 Å². The fraction of sp³-hybridized carbons (Fsp3) is 0.636. The molecule has 0 aromatic carbocycles. The predicted molar refractivity (Wildman–Crippen MR) is 57.3 cm³/mol. The third-order valence-electron chi connectivity index (χ3n) is 2.84. The highest BCUT2D eigenvalue weighted by Crippen LogP contribution is 2.10. The Labute approximate surface area is 89.9 Å². The number of carbonyl (C=O) groups excluding carboxylic acids is 1. The average molecular weight is 207 g/mol. The number of hydrogen-bond donors (Lipinski definition) is 0. The summed E-state index contributed by atoms with van der Waals surface area (Å²) in [5.74, 6) is 0.218. The first-order valence-corrected chi connectivity index (χ1v) is 5.60. The van der Waals surface area contributed by atoms with Crippen molar-refractivity contribution in [1.29, 1.82) is 0 Å². The number of rotatable bonds is 2. The van der Waals surface area contributed by atoms with Gasteiger partial charge in [0.2, 0.25) is 5.91 Å². The van der Waals surface area contributed by atoms with Gasteiger partial charge in [0.1, 0.15) is 6.54 Å². The highest BCUT2D eigenvalue weighted by Gasteiger charge is 2.15. The van der Waals surface area contributed by atoms with Gasteiger partial charge in [0.15, 0.2) is 0 Å². The number of aromatic nitrogens is 2. The van der Waals surface area contributed by atoms with Crippen LogP contribution in [0.5, 0.6) is 0 Å². The van der Waals surface area contributed by atoms with Crippen LogP contribution < -0.4 is 0 Å². The molecule has 1 saturated heterocycles. The van der Waals surface area contributed by atoms with E-state index in [1.165, 1.54) is 12.8 Å². The molecule has 0 aliphatic carbocycles. The molecule has 0 radical (unpaired) electrons. The topological polar surface area (TPSA) is 38.1 Å². The van der Waals surface area contributed by atoms with Crippen LogP contribution >= 0.6 is 0 Å². The average Bonchev–Trinajstić information content (AvgIpc) is 2.58. The van der Waals surface area contributed by atoms with Crippen molar-refractivity contribution in [2.24, 2.45) is 0 Å². The molecule has 0 bridgehead atoms. The summed E-state index contributed by atoms with van der Waals surface area (Å²) in [6, 6.07) is 0. The van der Waals surface area contributed by atoms with E-state index in [1.54, 1.807) is 12.5 Å². The van der Waals surface area contributed by atoms with Gasteiger partial charge in [-0.05, 0) is 12.8 Å². The molecule has 0 saturated carbocycles. The molecule has 1 amide bonds. The third kappa shape index (κ3) is 2.81. The van der Waals surface area contributed by atoms with Gasteiger partial charge in [-0.1, -0.05) is 12.8 Å². The van der Waals surface area contributed by atoms with Crippen molar-refractivity contribution >= 4 is 5.91 Å². The Bertz CT molecular complexity index is 300. The molecule has 1 aromatic heterocycles. The molecule has 4 nitrogen and oxygen atoms in total. The summed E-state index contributed by atoms with van der Waals surface area (Å²) in [7, 11) is 0. The molecule has 1 fully saturated rings. The molecular formula is C11H17N3O. The largest absolute Gasteiger partial charge is 0.341 e. The minimum Gasteiger partial charge on any atom is -0.341 e. The lowest BCUT2D eigenvalue weighted by molar-refractivity contribution is -0.131. The molecule has 2 rings (SSSR count). The summed E-state index contributed by atoms with van der Waals surface area (Å²) in [5.41, 5.74) is 0. The van der Waals surface area contributed by atoms with E-state index in [4.69, 9.17) is 0 Å². The van der Waals surface area contributed by atoms with Gasteiger partial charge in [0, 0.05) is 25.5 Å². The lowest BCUT2D eigenvalue weighted by Gasteiger charge is -2.20. The number of amides is 1. The van der Waals surface area contributed by atoms with Crippen LogP contribution in [0.25, 0.3) is 0 Å². The van der Waals surface area contributed by atoms with Gasteiger partial charge in [-0.15, -0.1) is 0 Å². The highest BCUT2D eigenvalue weighted by molar-refractivity contribution is 5.75. The second-order valence-electron chi connectivity index (χ2n) is 4.03. The van der Waals surface area contributed by atoms with Crippen LogP contribution in [0.1, 0.15) is 25.7 Å². The van der Waals surface area contributed by atoms with E-state index in [2.05, 4.69) is 4.98 Å². The smallest absolute Gasteiger partial charge is 0.242 e. The van der Waals surface area contributed by atoms with Gasteiger partial charge in [-0.25, -0.2) is 4.98 Å². The van der Waals surface area contributed by atoms with Crippen molar-refractivity contribution in [3.05, 3.63) is 18.7 Å². The Kier molecular flexibility index (Phi) is 3.37. The predicted octanol–water partition coefficient (Wildman–Crippen LogP) is 1.29. The van der Waals surface area contributed by atoms with E-state index in [0.29, 0.717) is 6.54 Å². The SMILES string of the molecule is O=C(Cn1ccnc1)N1CCCCCC1. The fourth-order valence-corrected chi connectivity index (χ4v) is 1.96. The third-order valence-corrected chi connectivity index (χ3v) is 2.84. The normalized spacial score (nSPS) is 17.5. The molecule has 82 valence electrons. The van der Waals surface area contributed by atoms with Crippen molar-refractivity contribution in [2.75, 3.05) is 13.1 Å². The number of carbonyl (C=O) groups is 1. The lowest BCUT2D eigenvalue weighted by atomic mass is 10.2. The molecule has 0 N–H and O–H groups in total. The summed E-state index contributed by atoms with van der Waals surface area (Å²) >= 11 is 0. The fourth-order valence-electron chi connectivity index (χ4n) is 1.96. The number of imidazole rings is 1. The second-order valence-corrected chi connectivity index (χ2v) is 4.03. The molecular weight excluding hydrogens is 190 g/mol. The number of hydrogen-bond acceptors (Lipinski definition) is 2. The summed E-state index contributed by atoms with van der Waals surface area (Å²) < 4.78 is 1.83. The standard InChI is InChI=1S/C11H17N3O/c15-11(9-13-8-5-12-10-13)14-6-3-1-2-4-7-14/h5,8,10H,1-4,6-7,9H2. The van der Waals surface area contributed by atoms with Gasteiger partial charge < -0.3 is 9.47 Å². The molecule has 0 unspecified atom stereocenters. The van der Waals surface area contributed by atoms with Gasteiger partial charge in [0.25, 0.3) is 0 Å². The number of likely N-dealkylation sites (tertiary alicyclic amines) is 1. The van der Waals surface area contributed by atoms with E-state index in [1.807, 2.05) is 15.7 Å². The zero-order valence-electron chi connectivity index (χ0n) is 8.93. The Balaban J connectivity index is 1.89. The molecule has 1 aliphatic heterocycles. The zero-order valence-corrected chi connectivity index (χ0v) is 8.93. The summed E-state index contributed by atoms with van der Waals surface area (Å²) in [6.07, 6.45) is 10.0. The molecule has 0 atom stereocenters. The van der Waals surface area contributed by atoms with Gasteiger partial charge in [-0.3, -0.25) is 4.79 Å². The van der Waals surface area contributed by atoms with Crippen LogP contribution in [0.2, 0.25) is 0 Å². The van der Waals surface area contributed by atoms with Crippen LogP contribution in [-0.2, 0) is 11.3 Å².